The summed E-state index contributed by atoms with van der Waals surface area (Å²) in [5.41, 5.74) is 1.35. The predicted octanol–water partition coefficient (Wildman–Crippen LogP) is 2.52. The van der Waals surface area contributed by atoms with Crippen molar-refractivity contribution >= 4 is 5.82 Å². The Morgan fingerprint density at radius 2 is 2.16 bits per heavy atom. The zero-order valence-electron chi connectivity index (χ0n) is 16.1. The number of aromatic nitrogens is 1. The molecule has 1 aromatic heterocycles. The van der Waals surface area contributed by atoms with Crippen LogP contribution in [0.25, 0.3) is 0 Å². The first-order valence-corrected chi connectivity index (χ1v) is 9.75. The summed E-state index contributed by atoms with van der Waals surface area (Å²) in [7, 11) is 2.21. The van der Waals surface area contributed by atoms with Crippen molar-refractivity contribution in [2.45, 2.75) is 45.3 Å². The minimum Gasteiger partial charge on any atom is -0.376 e. The van der Waals surface area contributed by atoms with Crippen molar-refractivity contribution in [2.75, 3.05) is 51.3 Å². The number of hydrogen-bond donors (Lipinski definition) is 1. The van der Waals surface area contributed by atoms with Crippen LogP contribution in [0, 0.1) is 5.92 Å². The van der Waals surface area contributed by atoms with E-state index < -0.39 is 0 Å². The van der Waals surface area contributed by atoms with Crippen LogP contribution >= 0.6 is 0 Å². The van der Waals surface area contributed by atoms with E-state index in [9.17, 15) is 0 Å². The van der Waals surface area contributed by atoms with E-state index in [2.05, 4.69) is 48.1 Å². The summed E-state index contributed by atoms with van der Waals surface area (Å²) in [5, 5.41) is 3.68. The predicted molar refractivity (Wildman–Crippen MR) is 103 cm³/mol. The molecule has 3 heterocycles. The highest BCUT2D eigenvalue weighted by Crippen LogP contribution is 2.28. The van der Waals surface area contributed by atoms with Gasteiger partial charge < -0.3 is 19.9 Å². The standard InChI is InChI=1S/C20H34N4O/c1-20(2)14-17(7-13-25-20)15-21-16-18-6-4-8-22-19(18)24-10-5-9-23(3)11-12-24/h4,6,8,17,21H,5,7,9-16H2,1-3H3/t17-/m1/s1. The number of pyridine rings is 1. The Hall–Kier alpha value is -1.17. The second-order valence-corrected chi connectivity index (χ2v) is 8.23. The molecular weight excluding hydrogens is 312 g/mol. The lowest BCUT2D eigenvalue weighted by Gasteiger charge is -2.35. The van der Waals surface area contributed by atoms with Gasteiger partial charge in [-0.3, -0.25) is 0 Å². The fourth-order valence-electron chi connectivity index (χ4n) is 4.05. The molecule has 2 aliphatic rings. The molecule has 2 aliphatic heterocycles. The van der Waals surface area contributed by atoms with Gasteiger partial charge in [-0.25, -0.2) is 4.98 Å². The molecule has 1 aromatic rings. The van der Waals surface area contributed by atoms with Crippen LogP contribution in [0.4, 0.5) is 5.82 Å². The molecule has 3 rings (SSSR count). The third-order valence-corrected chi connectivity index (χ3v) is 5.43. The van der Waals surface area contributed by atoms with Crippen LogP contribution in [0.2, 0.25) is 0 Å². The largest absolute Gasteiger partial charge is 0.376 e. The van der Waals surface area contributed by atoms with Crippen molar-refractivity contribution in [1.82, 2.24) is 15.2 Å². The highest BCUT2D eigenvalue weighted by molar-refractivity contribution is 5.46. The van der Waals surface area contributed by atoms with E-state index >= 15 is 0 Å². The lowest BCUT2D eigenvalue weighted by molar-refractivity contribution is -0.0718. The molecule has 0 radical (unpaired) electrons. The van der Waals surface area contributed by atoms with E-state index in [0.717, 1.165) is 58.0 Å². The van der Waals surface area contributed by atoms with Gasteiger partial charge >= 0.3 is 0 Å². The van der Waals surface area contributed by atoms with Crippen LogP contribution in [-0.4, -0.2) is 61.9 Å². The third kappa shape index (κ3) is 5.40. The fourth-order valence-corrected chi connectivity index (χ4v) is 4.05. The summed E-state index contributed by atoms with van der Waals surface area (Å²) in [6.07, 6.45) is 5.43. The zero-order chi connectivity index (χ0) is 17.7. The second-order valence-electron chi connectivity index (χ2n) is 8.23. The highest BCUT2D eigenvalue weighted by Gasteiger charge is 2.28. The van der Waals surface area contributed by atoms with E-state index in [1.54, 1.807) is 0 Å². The maximum atomic E-state index is 5.83. The number of rotatable bonds is 5. The topological polar surface area (TPSA) is 40.6 Å². The molecule has 0 aliphatic carbocycles. The van der Waals surface area contributed by atoms with Gasteiger partial charge in [-0.15, -0.1) is 0 Å². The molecule has 0 amide bonds. The molecule has 1 N–H and O–H groups in total. The van der Waals surface area contributed by atoms with Gasteiger partial charge in [-0.2, -0.15) is 0 Å². The van der Waals surface area contributed by atoms with Crippen molar-refractivity contribution < 1.29 is 4.74 Å². The Bertz CT molecular complexity index is 548. The summed E-state index contributed by atoms with van der Waals surface area (Å²) in [6.45, 7) is 11.7. The minimum absolute atomic E-state index is 0.0299. The highest BCUT2D eigenvalue weighted by atomic mass is 16.5. The average Bonchev–Trinajstić information content (AvgIpc) is 2.79. The van der Waals surface area contributed by atoms with Crippen LogP contribution < -0.4 is 10.2 Å². The van der Waals surface area contributed by atoms with Crippen molar-refractivity contribution in [1.29, 1.82) is 0 Å². The first kappa shape index (κ1) is 18.6. The normalized spacial score (nSPS) is 24.9. The first-order chi connectivity index (χ1) is 12.0. The molecule has 1 atom stereocenters. The number of nitrogens with zero attached hydrogens (tertiary/aromatic N) is 3. The lowest BCUT2D eigenvalue weighted by Crippen LogP contribution is -2.38. The van der Waals surface area contributed by atoms with Crippen LogP contribution in [0.3, 0.4) is 0 Å². The Balaban J connectivity index is 1.56. The Kier molecular flexibility index (Phi) is 6.31. The molecule has 0 bridgehead atoms. The summed E-state index contributed by atoms with van der Waals surface area (Å²) >= 11 is 0. The van der Waals surface area contributed by atoms with Crippen LogP contribution in [0.1, 0.15) is 38.7 Å². The van der Waals surface area contributed by atoms with E-state index in [1.165, 1.54) is 18.5 Å². The van der Waals surface area contributed by atoms with E-state index in [-0.39, 0.29) is 5.60 Å². The van der Waals surface area contributed by atoms with Crippen LogP contribution in [0.15, 0.2) is 18.3 Å². The van der Waals surface area contributed by atoms with Gasteiger partial charge in [0.1, 0.15) is 5.82 Å². The summed E-state index contributed by atoms with van der Waals surface area (Å²) < 4.78 is 5.83. The molecule has 0 aromatic carbocycles. The monoisotopic (exact) mass is 346 g/mol. The maximum absolute atomic E-state index is 5.83. The SMILES string of the molecule is CN1CCCN(c2ncccc2CNC[C@@H]2CCOC(C)(C)C2)CC1. The van der Waals surface area contributed by atoms with Crippen LogP contribution in [0.5, 0.6) is 0 Å². The number of nitrogens with one attached hydrogen (secondary N) is 1. The molecule has 2 fully saturated rings. The Labute approximate surface area is 152 Å². The minimum atomic E-state index is 0.0299. The maximum Gasteiger partial charge on any atom is 0.133 e. The number of ether oxygens (including phenoxy) is 1. The van der Waals surface area contributed by atoms with E-state index in [1.807, 2.05) is 6.20 Å². The number of likely N-dealkylation sites (N-methyl/N-ethyl adjacent to an activating group) is 1. The van der Waals surface area contributed by atoms with Gasteiger partial charge in [0.05, 0.1) is 5.60 Å². The van der Waals surface area contributed by atoms with Crippen molar-refractivity contribution in [2.24, 2.45) is 5.92 Å². The molecule has 140 valence electrons. The van der Waals surface area contributed by atoms with Crippen molar-refractivity contribution in [3.63, 3.8) is 0 Å². The Morgan fingerprint density at radius 1 is 1.28 bits per heavy atom. The average molecular weight is 347 g/mol. The molecular formula is C20H34N4O. The van der Waals surface area contributed by atoms with Gasteiger partial charge in [0.15, 0.2) is 0 Å². The molecule has 0 unspecified atom stereocenters. The molecule has 25 heavy (non-hydrogen) atoms. The van der Waals surface area contributed by atoms with Crippen LogP contribution in [-0.2, 0) is 11.3 Å². The quantitative estimate of drug-likeness (QED) is 0.887. The zero-order valence-corrected chi connectivity index (χ0v) is 16.1. The van der Waals surface area contributed by atoms with E-state index in [4.69, 9.17) is 9.72 Å². The van der Waals surface area contributed by atoms with Gasteiger partial charge in [0.25, 0.3) is 0 Å². The summed E-state index contributed by atoms with van der Waals surface area (Å²) in [6, 6.07) is 4.28. The first-order valence-electron chi connectivity index (χ1n) is 9.75. The third-order valence-electron chi connectivity index (χ3n) is 5.43. The van der Waals surface area contributed by atoms with Crippen molar-refractivity contribution in [3.8, 4) is 0 Å². The molecule has 0 spiro atoms. The van der Waals surface area contributed by atoms with Gasteiger partial charge in [0, 0.05) is 44.5 Å². The van der Waals surface area contributed by atoms with Crippen molar-refractivity contribution in [3.05, 3.63) is 23.9 Å². The smallest absolute Gasteiger partial charge is 0.133 e. The summed E-state index contributed by atoms with van der Waals surface area (Å²) in [4.78, 5) is 9.57. The molecule has 0 saturated carbocycles. The molecule has 5 nitrogen and oxygen atoms in total. The molecule has 5 heteroatoms. The number of hydrogen-bond acceptors (Lipinski definition) is 5. The lowest BCUT2D eigenvalue weighted by atomic mass is 9.88. The molecule has 2 saturated heterocycles. The fraction of sp³-hybridized carbons (Fsp3) is 0.750. The van der Waals surface area contributed by atoms with E-state index in [0.29, 0.717) is 5.92 Å². The van der Waals surface area contributed by atoms with Gasteiger partial charge in [-0.1, -0.05) is 6.07 Å². The number of anilines is 1. The van der Waals surface area contributed by atoms with Gasteiger partial charge in [0.2, 0.25) is 0 Å². The van der Waals surface area contributed by atoms with Gasteiger partial charge in [-0.05, 0) is 65.2 Å². The summed E-state index contributed by atoms with van der Waals surface area (Å²) in [5.74, 6) is 1.87. The Morgan fingerprint density at radius 3 is 3.00 bits per heavy atom. The second kappa shape index (κ2) is 8.47.